The van der Waals surface area contributed by atoms with E-state index in [2.05, 4.69) is 10.3 Å². The van der Waals surface area contributed by atoms with Crippen LogP contribution in [-0.4, -0.2) is 11.5 Å². The molecular formula is C12H13Cl2FN2O. The van der Waals surface area contributed by atoms with Gasteiger partial charge < -0.3 is 10.3 Å². The topological polar surface area (TPSA) is 44.9 Å². The average molecular weight is 291 g/mol. The van der Waals surface area contributed by atoms with E-state index in [4.69, 9.17) is 0 Å². The molecule has 1 aliphatic rings. The van der Waals surface area contributed by atoms with Gasteiger partial charge in [0.15, 0.2) is 5.43 Å². The Labute approximate surface area is 116 Å². The number of pyridine rings is 1. The van der Waals surface area contributed by atoms with Gasteiger partial charge in [-0.3, -0.25) is 4.79 Å². The van der Waals surface area contributed by atoms with E-state index in [0.29, 0.717) is 17.4 Å². The molecule has 0 amide bonds. The van der Waals surface area contributed by atoms with Crippen LogP contribution in [0.25, 0.3) is 10.9 Å². The van der Waals surface area contributed by atoms with E-state index >= 15 is 0 Å². The molecule has 18 heavy (non-hydrogen) atoms. The third-order valence-corrected chi connectivity index (χ3v) is 3.00. The van der Waals surface area contributed by atoms with Crippen molar-refractivity contribution in [2.45, 2.75) is 13.0 Å². The Bertz CT molecular complexity index is 627. The Morgan fingerprint density at radius 1 is 1.22 bits per heavy atom. The maximum Gasteiger partial charge on any atom is 0.194 e. The van der Waals surface area contributed by atoms with Gasteiger partial charge in [-0.15, -0.1) is 24.8 Å². The molecule has 3 nitrogen and oxygen atoms in total. The predicted molar refractivity (Wildman–Crippen MR) is 74.4 cm³/mol. The maximum atomic E-state index is 13.1. The molecule has 0 spiro atoms. The smallest absolute Gasteiger partial charge is 0.194 e. The number of aromatic nitrogens is 1. The first-order valence-corrected chi connectivity index (χ1v) is 5.30. The zero-order chi connectivity index (χ0) is 11.1. The average Bonchev–Trinajstić information content (AvgIpc) is 2.31. The fourth-order valence-corrected chi connectivity index (χ4v) is 2.18. The van der Waals surface area contributed by atoms with Gasteiger partial charge in [0.05, 0.1) is 0 Å². The molecule has 1 aromatic carbocycles. The molecule has 0 saturated carbocycles. The molecule has 3 rings (SSSR count). The second-order valence-electron chi connectivity index (χ2n) is 4.03. The van der Waals surface area contributed by atoms with Crippen LogP contribution >= 0.6 is 24.8 Å². The number of halogens is 3. The van der Waals surface area contributed by atoms with Crippen molar-refractivity contribution in [2.24, 2.45) is 0 Å². The first kappa shape index (κ1) is 15.0. The fraction of sp³-hybridized carbons (Fsp3) is 0.250. The number of rotatable bonds is 0. The highest BCUT2D eigenvalue weighted by Crippen LogP contribution is 2.15. The molecule has 98 valence electrons. The molecule has 6 heteroatoms. The number of H-pyrrole nitrogens is 1. The molecular weight excluding hydrogens is 278 g/mol. The highest BCUT2D eigenvalue weighted by molar-refractivity contribution is 5.85. The second-order valence-corrected chi connectivity index (χ2v) is 4.03. The molecule has 1 aromatic heterocycles. The number of aromatic amines is 1. The van der Waals surface area contributed by atoms with Crippen LogP contribution in [0.2, 0.25) is 0 Å². The quantitative estimate of drug-likeness (QED) is 0.781. The molecule has 0 saturated heterocycles. The third kappa shape index (κ3) is 2.36. The number of nitrogens with one attached hydrogen (secondary N) is 2. The molecule has 0 fully saturated rings. The Morgan fingerprint density at radius 3 is 2.78 bits per heavy atom. The lowest BCUT2D eigenvalue weighted by atomic mass is 10.0. The van der Waals surface area contributed by atoms with E-state index in [0.717, 1.165) is 24.2 Å². The summed E-state index contributed by atoms with van der Waals surface area (Å²) in [6.07, 6.45) is 0.817. The van der Waals surface area contributed by atoms with Crippen molar-refractivity contribution in [1.29, 1.82) is 0 Å². The highest BCUT2D eigenvalue weighted by Gasteiger charge is 2.15. The fourth-order valence-electron chi connectivity index (χ4n) is 2.18. The van der Waals surface area contributed by atoms with Crippen LogP contribution in [0.4, 0.5) is 4.39 Å². The Kier molecular flexibility index (Phi) is 4.73. The second kappa shape index (κ2) is 5.69. The number of fused-ring (bicyclic) bond motifs is 2. The summed E-state index contributed by atoms with van der Waals surface area (Å²) in [5.74, 6) is -0.373. The molecule has 0 bridgehead atoms. The zero-order valence-electron chi connectivity index (χ0n) is 9.46. The van der Waals surface area contributed by atoms with Crippen molar-refractivity contribution in [2.75, 3.05) is 6.54 Å². The SMILES string of the molecule is Cl.Cl.O=c1c2c([nH]c3ccc(F)cc13)CCNC2. The van der Waals surface area contributed by atoms with Gasteiger partial charge >= 0.3 is 0 Å². The minimum atomic E-state index is -0.373. The molecule has 1 aliphatic heterocycles. The van der Waals surface area contributed by atoms with Gasteiger partial charge in [-0.2, -0.15) is 0 Å². The monoisotopic (exact) mass is 290 g/mol. The standard InChI is InChI=1S/C12H11FN2O.2ClH/c13-7-1-2-10-8(5-7)12(16)9-6-14-4-3-11(9)15-10;;/h1-2,5,14H,3-4,6H2,(H,15,16);2*1H. The van der Waals surface area contributed by atoms with Crippen LogP contribution in [0.1, 0.15) is 11.3 Å². The molecule has 2 N–H and O–H groups in total. The van der Waals surface area contributed by atoms with E-state index in [1.54, 1.807) is 6.07 Å². The zero-order valence-corrected chi connectivity index (χ0v) is 11.1. The molecule has 0 radical (unpaired) electrons. The molecule has 0 unspecified atom stereocenters. The first-order chi connectivity index (χ1) is 7.75. The lowest BCUT2D eigenvalue weighted by Crippen LogP contribution is -2.30. The number of benzene rings is 1. The molecule has 0 atom stereocenters. The van der Waals surface area contributed by atoms with E-state index in [1.807, 2.05) is 0 Å². The summed E-state index contributed by atoms with van der Waals surface area (Å²) in [7, 11) is 0. The molecule has 2 heterocycles. The third-order valence-electron chi connectivity index (χ3n) is 3.00. The lowest BCUT2D eigenvalue weighted by Gasteiger charge is -2.17. The summed E-state index contributed by atoms with van der Waals surface area (Å²) in [4.78, 5) is 15.3. The Hall–Kier alpha value is -1.10. The summed E-state index contributed by atoms with van der Waals surface area (Å²) < 4.78 is 13.1. The van der Waals surface area contributed by atoms with E-state index in [-0.39, 0.29) is 36.1 Å². The van der Waals surface area contributed by atoms with Crippen molar-refractivity contribution in [3.05, 3.63) is 45.5 Å². The van der Waals surface area contributed by atoms with Crippen molar-refractivity contribution < 1.29 is 4.39 Å². The molecule has 0 aliphatic carbocycles. The van der Waals surface area contributed by atoms with Crippen molar-refractivity contribution in [3.8, 4) is 0 Å². The van der Waals surface area contributed by atoms with Crippen LogP contribution in [0.15, 0.2) is 23.0 Å². The Morgan fingerprint density at radius 2 is 2.00 bits per heavy atom. The van der Waals surface area contributed by atoms with Crippen LogP contribution in [0.3, 0.4) is 0 Å². The maximum absolute atomic E-state index is 13.1. The van der Waals surface area contributed by atoms with E-state index in [9.17, 15) is 9.18 Å². The van der Waals surface area contributed by atoms with E-state index < -0.39 is 0 Å². The molecule has 2 aromatic rings. The van der Waals surface area contributed by atoms with Gasteiger partial charge in [0.1, 0.15) is 5.82 Å². The predicted octanol–water partition coefficient (Wildman–Crippen LogP) is 2.16. The van der Waals surface area contributed by atoms with E-state index in [1.165, 1.54) is 12.1 Å². The summed E-state index contributed by atoms with van der Waals surface area (Å²) in [5.41, 5.74) is 2.37. The van der Waals surface area contributed by atoms with Gasteiger partial charge in [-0.1, -0.05) is 0 Å². The van der Waals surface area contributed by atoms with Crippen molar-refractivity contribution in [1.82, 2.24) is 10.3 Å². The summed E-state index contributed by atoms with van der Waals surface area (Å²) in [5, 5.41) is 3.58. The number of hydrogen-bond donors (Lipinski definition) is 2. The van der Waals surface area contributed by atoms with Gasteiger partial charge in [0.25, 0.3) is 0 Å². The van der Waals surface area contributed by atoms with Crippen molar-refractivity contribution >= 4 is 35.7 Å². The number of hydrogen-bond acceptors (Lipinski definition) is 2. The normalized spacial score (nSPS) is 13.4. The van der Waals surface area contributed by atoms with Crippen LogP contribution in [0, 0.1) is 5.82 Å². The van der Waals surface area contributed by atoms with Crippen molar-refractivity contribution in [3.63, 3.8) is 0 Å². The van der Waals surface area contributed by atoms with Crippen LogP contribution < -0.4 is 10.7 Å². The minimum Gasteiger partial charge on any atom is -0.358 e. The minimum absolute atomic E-state index is 0. The lowest BCUT2D eigenvalue weighted by molar-refractivity contribution is 0.624. The van der Waals surface area contributed by atoms with Gasteiger partial charge in [0.2, 0.25) is 0 Å². The van der Waals surface area contributed by atoms with Gasteiger partial charge in [-0.05, 0) is 18.2 Å². The van der Waals surface area contributed by atoms with Gasteiger partial charge in [0, 0.05) is 41.7 Å². The summed E-state index contributed by atoms with van der Waals surface area (Å²) in [6.45, 7) is 1.44. The highest BCUT2D eigenvalue weighted by atomic mass is 35.5. The first-order valence-electron chi connectivity index (χ1n) is 5.30. The summed E-state index contributed by atoms with van der Waals surface area (Å²) >= 11 is 0. The largest absolute Gasteiger partial charge is 0.358 e. The summed E-state index contributed by atoms with van der Waals surface area (Å²) in [6, 6.07) is 4.28. The van der Waals surface area contributed by atoms with Gasteiger partial charge in [-0.25, -0.2) is 4.39 Å². The van der Waals surface area contributed by atoms with Crippen LogP contribution in [0.5, 0.6) is 0 Å². The Balaban J connectivity index is 0.000000810. The van der Waals surface area contributed by atoms with Crippen LogP contribution in [-0.2, 0) is 13.0 Å².